The van der Waals surface area contributed by atoms with Crippen molar-refractivity contribution >= 4 is 20.7 Å². The molecule has 0 amide bonds. The highest BCUT2D eigenvalue weighted by atomic mass is 79.9. The van der Waals surface area contributed by atoms with Crippen LogP contribution in [-0.4, -0.2) is 21.8 Å². The Morgan fingerprint density at radius 2 is 2.06 bits per heavy atom. The molecule has 0 spiro atoms. The molecule has 0 saturated carbocycles. The zero-order chi connectivity index (χ0) is 12.0. The number of nitrogens with one attached hydrogen (secondary N) is 1. The van der Waals surface area contributed by atoms with Crippen LogP contribution in [0.3, 0.4) is 0 Å². The van der Waals surface area contributed by atoms with Crippen LogP contribution in [0.2, 0.25) is 0 Å². The Morgan fingerprint density at radius 3 is 2.76 bits per heavy atom. The minimum Gasteiger partial charge on any atom is -0.337 e. The Morgan fingerprint density at radius 1 is 1.35 bits per heavy atom. The van der Waals surface area contributed by atoms with Crippen molar-refractivity contribution < 1.29 is 8.78 Å². The first kappa shape index (κ1) is 11.0. The molecule has 2 atom stereocenters. The molecule has 0 aliphatic carbocycles. The van der Waals surface area contributed by atoms with Crippen molar-refractivity contribution in [2.24, 2.45) is 5.10 Å². The largest absolute Gasteiger partial charge is 0.337 e. The number of hydrogen-bond donors (Lipinski definition) is 1. The Hall–Kier alpha value is -1.17. The highest BCUT2D eigenvalue weighted by molar-refractivity contribution is 9.18. The van der Waals surface area contributed by atoms with Crippen molar-refractivity contribution in [2.45, 2.75) is 24.6 Å². The molecule has 0 bridgehead atoms. The Bertz CT molecular complexity index is 463. The summed E-state index contributed by atoms with van der Waals surface area (Å²) >= 11 is 3.11. The lowest BCUT2D eigenvalue weighted by atomic mass is 10.0. The van der Waals surface area contributed by atoms with Gasteiger partial charge in [0.1, 0.15) is 0 Å². The molecule has 0 aromatic heterocycles. The van der Waals surface area contributed by atoms with E-state index in [4.69, 9.17) is 0 Å². The molecule has 2 aliphatic rings. The molecule has 1 aromatic carbocycles. The van der Waals surface area contributed by atoms with E-state index in [0.717, 1.165) is 5.56 Å². The smallest absolute Gasteiger partial charge is 0.289 e. The van der Waals surface area contributed by atoms with Crippen molar-refractivity contribution in [3.63, 3.8) is 0 Å². The molecule has 0 radical (unpaired) electrons. The van der Waals surface area contributed by atoms with Gasteiger partial charge in [-0.15, -0.1) is 5.10 Å². The number of fused-ring (bicyclic) bond motifs is 1. The molecule has 1 fully saturated rings. The first-order valence-corrected chi connectivity index (χ1v) is 6.09. The average Bonchev–Trinajstić information content (AvgIpc) is 2.79. The molecular weight excluding hydrogens is 292 g/mol. The van der Waals surface area contributed by atoms with Gasteiger partial charge in [-0.05, 0) is 21.5 Å². The lowest BCUT2D eigenvalue weighted by Gasteiger charge is -2.21. The first-order chi connectivity index (χ1) is 8.08. The molecule has 1 saturated heterocycles. The summed E-state index contributed by atoms with van der Waals surface area (Å²) in [5.74, 6) is -2.78. The van der Waals surface area contributed by atoms with E-state index in [1.807, 2.05) is 30.3 Å². The van der Waals surface area contributed by atoms with E-state index in [-0.39, 0.29) is 12.5 Å². The van der Waals surface area contributed by atoms with Gasteiger partial charge < -0.3 is 5.32 Å². The van der Waals surface area contributed by atoms with E-state index in [9.17, 15) is 8.78 Å². The molecule has 3 rings (SSSR count). The minimum absolute atomic E-state index is 0.210. The lowest BCUT2D eigenvalue weighted by Crippen LogP contribution is -2.44. The second kappa shape index (κ2) is 3.66. The van der Waals surface area contributed by atoms with Gasteiger partial charge in [-0.1, -0.05) is 30.3 Å². The van der Waals surface area contributed by atoms with Crippen LogP contribution >= 0.6 is 15.9 Å². The molecule has 2 aliphatic heterocycles. The third-order valence-electron chi connectivity index (χ3n) is 3.09. The number of benzene rings is 1. The SMILES string of the molecule is FC1(F)C[C@@H](c2ccccc2)N2N=C(Br)N[C@@H]21. The Labute approximate surface area is 106 Å². The van der Waals surface area contributed by atoms with Gasteiger partial charge in [0, 0.05) is 6.42 Å². The van der Waals surface area contributed by atoms with Gasteiger partial charge in [-0.2, -0.15) is 0 Å². The van der Waals surface area contributed by atoms with E-state index >= 15 is 0 Å². The third kappa shape index (κ3) is 1.71. The topological polar surface area (TPSA) is 27.6 Å². The molecule has 0 unspecified atom stereocenters. The van der Waals surface area contributed by atoms with Crippen LogP contribution in [0.15, 0.2) is 35.4 Å². The number of hydrogen-bond acceptors (Lipinski definition) is 3. The van der Waals surface area contributed by atoms with Gasteiger partial charge in [0.15, 0.2) is 10.9 Å². The van der Waals surface area contributed by atoms with Crippen LogP contribution < -0.4 is 5.32 Å². The molecule has 1 aromatic rings. The highest BCUT2D eigenvalue weighted by Gasteiger charge is 2.57. The number of hydrazone groups is 1. The van der Waals surface area contributed by atoms with Gasteiger partial charge in [0.2, 0.25) is 0 Å². The van der Waals surface area contributed by atoms with Gasteiger partial charge in [0.05, 0.1) is 6.04 Å². The predicted octanol–water partition coefficient (Wildman–Crippen LogP) is 2.66. The standard InChI is InChI=1S/C11H10BrF2N3/c12-10-15-9-11(13,14)6-8(17(9)16-10)7-4-2-1-3-5-7/h1-5,8-9H,6H2,(H,15,16)/t8-,9-/m0/s1. The van der Waals surface area contributed by atoms with E-state index in [0.29, 0.717) is 4.74 Å². The zero-order valence-corrected chi connectivity index (χ0v) is 10.4. The third-order valence-corrected chi connectivity index (χ3v) is 3.48. The summed E-state index contributed by atoms with van der Waals surface area (Å²) in [7, 11) is 0. The van der Waals surface area contributed by atoms with Gasteiger partial charge in [0.25, 0.3) is 5.92 Å². The van der Waals surface area contributed by atoms with E-state index < -0.39 is 12.1 Å². The molecule has 90 valence electrons. The average molecular weight is 302 g/mol. The van der Waals surface area contributed by atoms with Crippen molar-refractivity contribution in [2.75, 3.05) is 0 Å². The van der Waals surface area contributed by atoms with Crippen LogP contribution in [0, 0.1) is 0 Å². The first-order valence-electron chi connectivity index (χ1n) is 5.30. The number of amidine groups is 1. The second-order valence-electron chi connectivity index (χ2n) is 4.21. The minimum atomic E-state index is -2.78. The normalized spacial score (nSPS) is 29.8. The van der Waals surface area contributed by atoms with Crippen LogP contribution in [0.1, 0.15) is 18.0 Å². The maximum atomic E-state index is 13.8. The van der Waals surface area contributed by atoms with Crippen molar-refractivity contribution in [3.8, 4) is 0 Å². The zero-order valence-electron chi connectivity index (χ0n) is 8.78. The molecule has 2 heterocycles. The fourth-order valence-corrected chi connectivity index (χ4v) is 2.72. The summed E-state index contributed by atoms with van der Waals surface area (Å²) < 4.78 is 28.0. The van der Waals surface area contributed by atoms with Crippen LogP contribution in [-0.2, 0) is 0 Å². The quantitative estimate of drug-likeness (QED) is 0.808. The number of halogens is 3. The lowest BCUT2D eigenvalue weighted by molar-refractivity contribution is -0.0327. The Balaban J connectivity index is 1.97. The summed E-state index contributed by atoms with van der Waals surface area (Å²) in [4.78, 5) is 0. The summed E-state index contributed by atoms with van der Waals surface area (Å²) in [6.45, 7) is 0. The van der Waals surface area contributed by atoms with E-state index in [2.05, 4.69) is 26.3 Å². The van der Waals surface area contributed by atoms with Crippen LogP contribution in [0.4, 0.5) is 8.78 Å². The molecule has 17 heavy (non-hydrogen) atoms. The number of alkyl halides is 2. The summed E-state index contributed by atoms with van der Waals surface area (Å²) in [5, 5.41) is 8.17. The van der Waals surface area contributed by atoms with Crippen molar-refractivity contribution in [1.29, 1.82) is 0 Å². The van der Waals surface area contributed by atoms with Gasteiger partial charge in [-0.25, -0.2) is 8.78 Å². The number of nitrogens with zero attached hydrogens (tertiary/aromatic N) is 2. The fourth-order valence-electron chi connectivity index (χ4n) is 2.32. The summed E-state index contributed by atoms with van der Waals surface area (Å²) in [6, 6.07) is 8.90. The molecule has 3 nitrogen and oxygen atoms in total. The summed E-state index contributed by atoms with van der Waals surface area (Å²) in [5.41, 5.74) is 0.863. The van der Waals surface area contributed by atoms with Crippen molar-refractivity contribution in [1.82, 2.24) is 10.3 Å². The molecular formula is C11H10BrF2N3. The maximum Gasteiger partial charge on any atom is 0.289 e. The fraction of sp³-hybridized carbons (Fsp3) is 0.364. The predicted molar refractivity (Wildman–Crippen MR) is 63.9 cm³/mol. The van der Waals surface area contributed by atoms with Gasteiger partial charge in [-0.3, -0.25) is 5.01 Å². The second-order valence-corrected chi connectivity index (χ2v) is 4.96. The van der Waals surface area contributed by atoms with Crippen molar-refractivity contribution in [3.05, 3.63) is 35.9 Å². The van der Waals surface area contributed by atoms with Crippen LogP contribution in [0.25, 0.3) is 0 Å². The van der Waals surface area contributed by atoms with Gasteiger partial charge >= 0.3 is 0 Å². The van der Waals surface area contributed by atoms with Crippen LogP contribution in [0.5, 0.6) is 0 Å². The maximum absolute atomic E-state index is 13.8. The molecule has 1 N–H and O–H groups in total. The number of rotatable bonds is 1. The van der Waals surface area contributed by atoms with E-state index in [1.54, 1.807) is 0 Å². The molecule has 6 heteroatoms. The Kier molecular flexibility index (Phi) is 2.36. The highest BCUT2D eigenvalue weighted by Crippen LogP contribution is 2.46. The monoisotopic (exact) mass is 301 g/mol. The van der Waals surface area contributed by atoms with E-state index in [1.165, 1.54) is 5.01 Å². The summed E-state index contributed by atoms with van der Waals surface area (Å²) in [6.07, 6.45) is -1.25.